The number of rotatable bonds is 2. The number of benzene rings is 1. The summed E-state index contributed by atoms with van der Waals surface area (Å²) in [5.74, 6) is 0.792. The lowest BCUT2D eigenvalue weighted by molar-refractivity contribution is 0.745. The summed E-state index contributed by atoms with van der Waals surface area (Å²) in [5, 5.41) is 0. The molecule has 0 fully saturated rings. The van der Waals surface area contributed by atoms with Crippen molar-refractivity contribution in [2.45, 2.75) is 26.6 Å². The number of hydrogen-bond acceptors (Lipinski definition) is 4. The second-order valence-corrected chi connectivity index (χ2v) is 5.20. The van der Waals surface area contributed by atoms with E-state index in [0.29, 0.717) is 12.2 Å². The van der Waals surface area contributed by atoms with Gasteiger partial charge in [0.2, 0.25) is 0 Å². The van der Waals surface area contributed by atoms with Crippen LogP contribution in [0.5, 0.6) is 0 Å². The largest absolute Gasteiger partial charge is 0.346 e. The Labute approximate surface area is 121 Å². The molecule has 3 aromatic rings. The molecule has 0 radical (unpaired) electrons. The first-order valence-electron chi connectivity index (χ1n) is 7.03. The molecule has 1 aliphatic rings. The summed E-state index contributed by atoms with van der Waals surface area (Å²) in [4.78, 5) is 25.7. The van der Waals surface area contributed by atoms with Crippen LogP contribution in [-0.2, 0) is 19.6 Å². The maximum Gasteiger partial charge on any atom is 0.327 e. The normalized spacial score (nSPS) is 13.9. The number of H-pyrrole nitrogens is 1. The van der Waals surface area contributed by atoms with Gasteiger partial charge in [0.1, 0.15) is 11.8 Å². The highest BCUT2D eigenvalue weighted by Gasteiger charge is 2.23. The van der Waals surface area contributed by atoms with Gasteiger partial charge in [-0.15, -0.1) is 0 Å². The van der Waals surface area contributed by atoms with E-state index in [1.165, 1.54) is 17.5 Å². The number of anilines is 1. The van der Waals surface area contributed by atoms with Gasteiger partial charge in [-0.05, 0) is 18.1 Å². The SMILES string of the molecule is CCn1c(=O)[nH]c2c(N3Cc4ccccc4C3)ncnc21. The molecule has 6 heteroatoms. The third-order valence-corrected chi connectivity index (χ3v) is 4.00. The molecular weight excluding hydrogens is 266 g/mol. The van der Waals surface area contributed by atoms with Gasteiger partial charge in [-0.25, -0.2) is 14.8 Å². The third-order valence-electron chi connectivity index (χ3n) is 4.00. The number of aromatic amines is 1. The first-order chi connectivity index (χ1) is 10.3. The van der Waals surface area contributed by atoms with Gasteiger partial charge in [0.25, 0.3) is 0 Å². The summed E-state index contributed by atoms with van der Waals surface area (Å²) in [6.45, 7) is 4.14. The molecule has 0 unspecified atom stereocenters. The Kier molecular flexibility index (Phi) is 2.57. The van der Waals surface area contributed by atoms with Crippen molar-refractivity contribution in [1.82, 2.24) is 19.5 Å². The Morgan fingerprint density at radius 3 is 2.57 bits per heavy atom. The van der Waals surface area contributed by atoms with Crippen molar-refractivity contribution >= 4 is 17.0 Å². The number of nitrogens with zero attached hydrogens (tertiary/aromatic N) is 4. The topological polar surface area (TPSA) is 66.8 Å². The van der Waals surface area contributed by atoms with E-state index in [-0.39, 0.29) is 5.69 Å². The summed E-state index contributed by atoms with van der Waals surface area (Å²) in [5.41, 5.74) is 3.87. The lowest BCUT2D eigenvalue weighted by Gasteiger charge is -2.16. The van der Waals surface area contributed by atoms with Crippen LogP contribution in [-0.4, -0.2) is 19.5 Å². The molecular formula is C15H15N5O. The zero-order chi connectivity index (χ0) is 14.4. The number of nitrogens with one attached hydrogen (secondary N) is 1. The molecule has 1 aromatic carbocycles. The first-order valence-corrected chi connectivity index (χ1v) is 7.03. The van der Waals surface area contributed by atoms with Gasteiger partial charge < -0.3 is 9.88 Å². The van der Waals surface area contributed by atoms with Crippen molar-refractivity contribution in [3.8, 4) is 0 Å². The van der Waals surface area contributed by atoms with E-state index in [4.69, 9.17) is 0 Å². The molecule has 0 amide bonds. The smallest absolute Gasteiger partial charge is 0.327 e. The molecule has 21 heavy (non-hydrogen) atoms. The van der Waals surface area contributed by atoms with Gasteiger partial charge >= 0.3 is 5.69 Å². The van der Waals surface area contributed by atoms with E-state index < -0.39 is 0 Å². The number of hydrogen-bond donors (Lipinski definition) is 1. The molecule has 2 aromatic heterocycles. The maximum absolute atomic E-state index is 12.0. The summed E-state index contributed by atoms with van der Waals surface area (Å²) in [6.07, 6.45) is 1.53. The molecule has 0 bridgehead atoms. The zero-order valence-corrected chi connectivity index (χ0v) is 11.7. The Hall–Kier alpha value is -2.63. The first kappa shape index (κ1) is 12.1. The average Bonchev–Trinajstić information content (AvgIpc) is 3.06. The molecule has 0 saturated carbocycles. The van der Waals surface area contributed by atoms with Crippen LogP contribution >= 0.6 is 0 Å². The minimum atomic E-state index is -0.133. The second kappa shape index (κ2) is 4.44. The van der Waals surface area contributed by atoms with Crippen LogP contribution in [0.15, 0.2) is 35.4 Å². The Bertz CT molecular complexity index is 854. The lowest BCUT2D eigenvalue weighted by atomic mass is 10.1. The number of aryl methyl sites for hydroxylation is 1. The van der Waals surface area contributed by atoms with E-state index in [9.17, 15) is 4.79 Å². The molecule has 0 aliphatic carbocycles. The average molecular weight is 281 g/mol. The highest BCUT2D eigenvalue weighted by atomic mass is 16.1. The van der Waals surface area contributed by atoms with Crippen LogP contribution in [0.2, 0.25) is 0 Å². The Morgan fingerprint density at radius 1 is 1.19 bits per heavy atom. The van der Waals surface area contributed by atoms with E-state index in [2.05, 4.69) is 32.0 Å². The van der Waals surface area contributed by atoms with Gasteiger partial charge in [0.05, 0.1) is 0 Å². The fourth-order valence-corrected chi connectivity index (χ4v) is 2.97. The second-order valence-electron chi connectivity index (χ2n) is 5.20. The van der Waals surface area contributed by atoms with Crippen LogP contribution in [0.25, 0.3) is 11.2 Å². The quantitative estimate of drug-likeness (QED) is 0.775. The van der Waals surface area contributed by atoms with Crippen LogP contribution in [0.3, 0.4) is 0 Å². The number of fused-ring (bicyclic) bond motifs is 2. The zero-order valence-electron chi connectivity index (χ0n) is 11.7. The molecule has 3 heterocycles. The van der Waals surface area contributed by atoms with Crippen molar-refractivity contribution in [2.75, 3.05) is 4.90 Å². The molecule has 0 spiro atoms. The van der Waals surface area contributed by atoms with E-state index in [1.54, 1.807) is 4.57 Å². The minimum Gasteiger partial charge on any atom is -0.346 e. The molecule has 0 saturated heterocycles. The highest BCUT2D eigenvalue weighted by molar-refractivity contribution is 5.83. The summed E-state index contributed by atoms with van der Waals surface area (Å²) >= 11 is 0. The van der Waals surface area contributed by atoms with E-state index in [1.807, 2.05) is 19.1 Å². The van der Waals surface area contributed by atoms with Gasteiger partial charge in [0.15, 0.2) is 11.5 Å². The number of aromatic nitrogens is 4. The molecule has 1 aliphatic heterocycles. The molecule has 0 atom stereocenters. The molecule has 4 rings (SSSR count). The van der Waals surface area contributed by atoms with E-state index >= 15 is 0 Å². The summed E-state index contributed by atoms with van der Waals surface area (Å²) < 4.78 is 1.63. The fraction of sp³-hybridized carbons (Fsp3) is 0.267. The third kappa shape index (κ3) is 1.75. The predicted octanol–water partition coefficient (Wildman–Crippen LogP) is 1.66. The highest BCUT2D eigenvalue weighted by Crippen LogP contribution is 2.29. The van der Waals surface area contributed by atoms with Crippen molar-refractivity contribution < 1.29 is 0 Å². The fourth-order valence-electron chi connectivity index (χ4n) is 2.97. The van der Waals surface area contributed by atoms with Crippen molar-refractivity contribution in [3.63, 3.8) is 0 Å². The van der Waals surface area contributed by atoms with Gasteiger partial charge in [-0.1, -0.05) is 24.3 Å². The van der Waals surface area contributed by atoms with Crippen LogP contribution in [0.4, 0.5) is 5.82 Å². The van der Waals surface area contributed by atoms with Gasteiger partial charge in [-0.3, -0.25) is 4.57 Å². The van der Waals surface area contributed by atoms with Crippen molar-refractivity contribution in [2.24, 2.45) is 0 Å². The lowest BCUT2D eigenvalue weighted by Crippen LogP contribution is -2.16. The van der Waals surface area contributed by atoms with Crippen LogP contribution < -0.4 is 10.6 Å². The van der Waals surface area contributed by atoms with E-state index in [0.717, 1.165) is 24.4 Å². The van der Waals surface area contributed by atoms with Crippen LogP contribution in [0, 0.1) is 0 Å². The number of imidazole rings is 1. The van der Waals surface area contributed by atoms with Gasteiger partial charge in [0, 0.05) is 19.6 Å². The summed E-state index contributed by atoms with van der Waals surface area (Å²) in [6, 6.07) is 8.36. The Morgan fingerprint density at radius 2 is 1.90 bits per heavy atom. The molecule has 106 valence electrons. The predicted molar refractivity (Wildman–Crippen MR) is 80.2 cm³/mol. The van der Waals surface area contributed by atoms with Crippen molar-refractivity contribution in [1.29, 1.82) is 0 Å². The Balaban J connectivity index is 1.84. The summed E-state index contributed by atoms with van der Waals surface area (Å²) in [7, 11) is 0. The van der Waals surface area contributed by atoms with Crippen LogP contribution in [0.1, 0.15) is 18.1 Å². The van der Waals surface area contributed by atoms with Gasteiger partial charge in [-0.2, -0.15) is 0 Å². The monoisotopic (exact) mass is 281 g/mol. The standard InChI is InChI=1S/C15H15N5O/c1-2-20-14-12(18-15(20)21)13(16-9-17-14)19-7-10-5-3-4-6-11(10)8-19/h3-6,9H,2,7-8H2,1H3,(H,18,21). The molecule has 1 N–H and O–H groups in total. The molecule has 6 nitrogen and oxygen atoms in total. The maximum atomic E-state index is 12.0. The minimum absolute atomic E-state index is 0.133. The van der Waals surface area contributed by atoms with Crippen molar-refractivity contribution in [3.05, 3.63) is 52.2 Å².